The van der Waals surface area contributed by atoms with Gasteiger partial charge in [-0.15, -0.1) is 0 Å². The number of furan rings is 1. The Hall–Kier alpha value is -1.32. The molecule has 0 spiro atoms. The van der Waals surface area contributed by atoms with Crippen molar-refractivity contribution < 1.29 is 4.42 Å². The lowest BCUT2D eigenvalue weighted by molar-refractivity contribution is 0.385. The summed E-state index contributed by atoms with van der Waals surface area (Å²) < 4.78 is 5.74. The molecule has 2 rings (SSSR count). The van der Waals surface area contributed by atoms with Crippen LogP contribution < -0.4 is 11.1 Å². The number of hydrogen-bond acceptors (Lipinski definition) is 3. The van der Waals surface area contributed by atoms with Gasteiger partial charge in [0.2, 0.25) is 0 Å². The standard InChI is InChI=1S/C14H20N2O/c1-10(2)13(8-15)16-9-12-7-11-5-3-4-6-14(11)17-12/h3-7,10,13,16H,8-9,15H2,1-2H3. The highest BCUT2D eigenvalue weighted by Crippen LogP contribution is 2.18. The van der Waals surface area contributed by atoms with Gasteiger partial charge in [-0.05, 0) is 18.1 Å². The first-order chi connectivity index (χ1) is 8.20. The first-order valence-electron chi connectivity index (χ1n) is 6.11. The van der Waals surface area contributed by atoms with Crippen LogP contribution in [0.15, 0.2) is 34.7 Å². The lowest BCUT2D eigenvalue weighted by Gasteiger charge is -2.19. The number of nitrogens with two attached hydrogens (primary N) is 1. The molecule has 0 aliphatic carbocycles. The summed E-state index contributed by atoms with van der Waals surface area (Å²) in [5, 5.41) is 4.58. The van der Waals surface area contributed by atoms with E-state index in [0.717, 1.165) is 23.3 Å². The summed E-state index contributed by atoms with van der Waals surface area (Å²) in [5.41, 5.74) is 6.66. The van der Waals surface area contributed by atoms with E-state index in [-0.39, 0.29) is 0 Å². The van der Waals surface area contributed by atoms with Gasteiger partial charge in [0.15, 0.2) is 0 Å². The average Bonchev–Trinajstić information content (AvgIpc) is 2.71. The SMILES string of the molecule is CC(C)C(CN)NCc1cc2ccccc2o1. The van der Waals surface area contributed by atoms with Gasteiger partial charge >= 0.3 is 0 Å². The molecule has 1 heterocycles. The highest BCUT2D eigenvalue weighted by atomic mass is 16.3. The number of hydrogen-bond donors (Lipinski definition) is 2. The van der Waals surface area contributed by atoms with Crippen LogP contribution in [-0.4, -0.2) is 12.6 Å². The zero-order valence-electron chi connectivity index (χ0n) is 10.4. The zero-order chi connectivity index (χ0) is 12.3. The van der Waals surface area contributed by atoms with E-state index in [9.17, 15) is 0 Å². The largest absolute Gasteiger partial charge is 0.460 e. The summed E-state index contributed by atoms with van der Waals surface area (Å²) in [5.74, 6) is 1.50. The van der Waals surface area contributed by atoms with E-state index in [0.29, 0.717) is 18.5 Å². The number of fused-ring (bicyclic) bond motifs is 1. The Morgan fingerprint density at radius 3 is 2.71 bits per heavy atom. The fourth-order valence-corrected chi connectivity index (χ4v) is 1.95. The number of nitrogens with one attached hydrogen (secondary N) is 1. The van der Waals surface area contributed by atoms with Crippen LogP contribution in [0.25, 0.3) is 11.0 Å². The molecule has 0 bridgehead atoms. The molecule has 1 atom stereocenters. The molecule has 0 amide bonds. The average molecular weight is 232 g/mol. The highest BCUT2D eigenvalue weighted by Gasteiger charge is 2.11. The highest BCUT2D eigenvalue weighted by molar-refractivity contribution is 5.77. The molecule has 2 aromatic rings. The molecule has 0 fully saturated rings. The first kappa shape index (κ1) is 12.1. The third-order valence-corrected chi connectivity index (χ3v) is 3.07. The molecular formula is C14H20N2O. The number of benzene rings is 1. The van der Waals surface area contributed by atoms with Gasteiger partial charge in [-0.1, -0.05) is 32.0 Å². The molecular weight excluding hydrogens is 212 g/mol. The van der Waals surface area contributed by atoms with Crippen LogP contribution in [0.5, 0.6) is 0 Å². The second-order valence-electron chi connectivity index (χ2n) is 4.72. The van der Waals surface area contributed by atoms with Crippen molar-refractivity contribution in [2.45, 2.75) is 26.4 Å². The van der Waals surface area contributed by atoms with Crippen LogP contribution in [0.1, 0.15) is 19.6 Å². The summed E-state index contributed by atoms with van der Waals surface area (Å²) >= 11 is 0. The Kier molecular flexibility index (Phi) is 3.82. The predicted octanol–water partition coefficient (Wildman–Crippen LogP) is 2.51. The zero-order valence-corrected chi connectivity index (χ0v) is 10.4. The lowest BCUT2D eigenvalue weighted by atomic mass is 10.0. The lowest BCUT2D eigenvalue weighted by Crippen LogP contribution is -2.39. The van der Waals surface area contributed by atoms with E-state index in [2.05, 4.69) is 31.3 Å². The Balaban J connectivity index is 2.03. The summed E-state index contributed by atoms with van der Waals surface area (Å²) in [7, 11) is 0. The molecule has 17 heavy (non-hydrogen) atoms. The predicted molar refractivity (Wildman–Crippen MR) is 70.7 cm³/mol. The van der Waals surface area contributed by atoms with E-state index < -0.39 is 0 Å². The van der Waals surface area contributed by atoms with E-state index in [1.54, 1.807) is 0 Å². The van der Waals surface area contributed by atoms with Crippen molar-refractivity contribution in [3.8, 4) is 0 Å². The molecule has 0 saturated carbocycles. The van der Waals surface area contributed by atoms with Crippen molar-refractivity contribution in [3.63, 3.8) is 0 Å². The molecule has 1 aromatic heterocycles. The normalized spacial score (nSPS) is 13.4. The molecule has 92 valence electrons. The Bertz CT molecular complexity index is 443. The smallest absolute Gasteiger partial charge is 0.134 e. The summed E-state index contributed by atoms with van der Waals surface area (Å²) in [6, 6.07) is 10.5. The van der Waals surface area contributed by atoms with Crippen LogP contribution in [0.3, 0.4) is 0 Å². The number of para-hydroxylation sites is 1. The molecule has 0 aliphatic rings. The monoisotopic (exact) mass is 232 g/mol. The molecule has 1 unspecified atom stereocenters. The molecule has 0 saturated heterocycles. The van der Waals surface area contributed by atoms with Crippen molar-refractivity contribution in [1.82, 2.24) is 5.32 Å². The van der Waals surface area contributed by atoms with Gasteiger partial charge in [-0.2, -0.15) is 0 Å². The van der Waals surface area contributed by atoms with Crippen LogP contribution in [0.4, 0.5) is 0 Å². The summed E-state index contributed by atoms with van der Waals surface area (Å²) in [6.45, 7) is 5.72. The second-order valence-corrected chi connectivity index (χ2v) is 4.72. The Labute approximate surface area is 102 Å². The van der Waals surface area contributed by atoms with Gasteiger partial charge in [-0.25, -0.2) is 0 Å². The summed E-state index contributed by atoms with van der Waals surface area (Å²) in [6.07, 6.45) is 0. The van der Waals surface area contributed by atoms with Crippen LogP contribution >= 0.6 is 0 Å². The van der Waals surface area contributed by atoms with Crippen LogP contribution in [-0.2, 0) is 6.54 Å². The minimum Gasteiger partial charge on any atom is -0.460 e. The quantitative estimate of drug-likeness (QED) is 0.832. The molecule has 3 nitrogen and oxygen atoms in total. The third-order valence-electron chi connectivity index (χ3n) is 3.07. The fourth-order valence-electron chi connectivity index (χ4n) is 1.95. The van der Waals surface area contributed by atoms with E-state index in [1.807, 2.05) is 18.2 Å². The van der Waals surface area contributed by atoms with E-state index in [1.165, 1.54) is 0 Å². The fraction of sp³-hybridized carbons (Fsp3) is 0.429. The molecule has 1 aromatic carbocycles. The summed E-state index contributed by atoms with van der Waals surface area (Å²) in [4.78, 5) is 0. The maximum atomic E-state index is 5.74. The van der Waals surface area contributed by atoms with Crippen molar-refractivity contribution in [2.75, 3.05) is 6.54 Å². The van der Waals surface area contributed by atoms with Crippen molar-refractivity contribution in [2.24, 2.45) is 11.7 Å². The van der Waals surface area contributed by atoms with Gasteiger partial charge in [0.25, 0.3) is 0 Å². The van der Waals surface area contributed by atoms with E-state index in [4.69, 9.17) is 10.2 Å². The minimum atomic E-state index is 0.336. The van der Waals surface area contributed by atoms with Crippen LogP contribution in [0.2, 0.25) is 0 Å². The second kappa shape index (κ2) is 5.34. The minimum absolute atomic E-state index is 0.336. The molecule has 3 heteroatoms. The molecule has 0 radical (unpaired) electrons. The van der Waals surface area contributed by atoms with Gasteiger partial charge in [0.05, 0.1) is 6.54 Å². The van der Waals surface area contributed by atoms with Crippen molar-refractivity contribution in [1.29, 1.82) is 0 Å². The van der Waals surface area contributed by atoms with Gasteiger partial charge in [-0.3, -0.25) is 0 Å². The molecule has 0 aliphatic heterocycles. The first-order valence-corrected chi connectivity index (χ1v) is 6.11. The van der Waals surface area contributed by atoms with Gasteiger partial charge in [0, 0.05) is 18.0 Å². The topological polar surface area (TPSA) is 51.2 Å². The Morgan fingerprint density at radius 2 is 2.06 bits per heavy atom. The van der Waals surface area contributed by atoms with Crippen molar-refractivity contribution >= 4 is 11.0 Å². The maximum Gasteiger partial charge on any atom is 0.134 e. The van der Waals surface area contributed by atoms with Crippen LogP contribution in [0, 0.1) is 5.92 Å². The van der Waals surface area contributed by atoms with Gasteiger partial charge in [0.1, 0.15) is 11.3 Å². The van der Waals surface area contributed by atoms with E-state index >= 15 is 0 Å². The Morgan fingerprint density at radius 1 is 1.29 bits per heavy atom. The van der Waals surface area contributed by atoms with Gasteiger partial charge < -0.3 is 15.5 Å². The van der Waals surface area contributed by atoms with Crippen molar-refractivity contribution in [3.05, 3.63) is 36.1 Å². The number of rotatable bonds is 5. The molecule has 3 N–H and O–H groups in total. The third kappa shape index (κ3) is 2.87. The maximum absolute atomic E-state index is 5.74.